The lowest BCUT2D eigenvalue weighted by molar-refractivity contribution is 0.291. The van der Waals surface area contributed by atoms with Crippen LogP contribution in [0.5, 0.6) is 17.4 Å². The summed E-state index contributed by atoms with van der Waals surface area (Å²) in [5, 5.41) is 1.25. The first-order valence-corrected chi connectivity index (χ1v) is 9.00. The van der Waals surface area contributed by atoms with Crippen molar-refractivity contribution in [3.63, 3.8) is 0 Å². The van der Waals surface area contributed by atoms with Crippen LogP contribution in [0.4, 0.5) is 0 Å². The van der Waals surface area contributed by atoms with Gasteiger partial charge >= 0.3 is 0 Å². The fraction of sp³-hybridized carbons (Fsp3) is 0.389. The molecular formula is C18H22NO3P. The van der Waals surface area contributed by atoms with Crippen molar-refractivity contribution in [2.24, 2.45) is 0 Å². The minimum Gasteiger partial charge on any atom is -0.496 e. The fourth-order valence-corrected chi connectivity index (χ4v) is 5.86. The maximum atomic E-state index is 6.30. The van der Waals surface area contributed by atoms with Gasteiger partial charge in [-0.25, -0.2) is 4.98 Å². The minimum absolute atomic E-state index is 0.0602. The van der Waals surface area contributed by atoms with Crippen LogP contribution in [0.15, 0.2) is 36.4 Å². The van der Waals surface area contributed by atoms with Gasteiger partial charge in [-0.15, -0.1) is 0 Å². The maximum Gasteiger partial charge on any atom is 0.213 e. The molecule has 0 saturated heterocycles. The molecule has 0 spiro atoms. The molecule has 0 aliphatic carbocycles. The van der Waals surface area contributed by atoms with E-state index in [-0.39, 0.29) is 11.0 Å². The second-order valence-corrected chi connectivity index (χ2v) is 9.42. The van der Waals surface area contributed by atoms with Crippen molar-refractivity contribution >= 4 is 13.2 Å². The number of rotatable bonds is 3. The molecule has 0 saturated carbocycles. The fourth-order valence-electron chi connectivity index (χ4n) is 2.85. The summed E-state index contributed by atoms with van der Waals surface area (Å²) in [5.41, 5.74) is 0.906. The summed E-state index contributed by atoms with van der Waals surface area (Å²) >= 11 is 0. The molecule has 1 aromatic heterocycles. The molecule has 4 nitrogen and oxygen atoms in total. The highest BCUT2D eigenvalue weighted by atomic mass is 31.1. The number of nitrogens with zero attached hydrogens (tertiary/aromatic N) is 1. The molecule has 1 aromatic carbocycles. The molecule has 2 heterocycles. The van der Waals surface area contributed by atoms with E-state index in [2.05, 4.69) is 25.8 Å². The quantitative estimate of drug-likeness (QED) is 0.794. The molecule has 3 rings (SSSR count). The smallest absolute Gasteiger partial charge is 0.213 e. The molecule has 1 aliphatic rings. The normalized spacial score (nSPS) is 19.9. The molecule has 23 heavy (non-hydrogen) atoms. The Morgan fingerprint density at radius 3 is 2.43 bits per heavy atom. The average molecular weight is 331 g/mol. The summed E-state index contributed by atoms with van der Waals surface area (Å²) in [7, 11) is 2.69. The lowest BCUT2D eigenvalue weighted by Crippen LogP contribution is -2.21. The molecular weight excluding hydrogens is 309 g/mol. The number of pyridine rings is 1. The van der Waals surface area contributed by atoms with Crippen LogP contribution in [0.2, 0.25) is 0 Å². The zero-order valence-corrected chi connectivity index (χ0v) is 15.1. The largest absolute Gasteiger partial charge is 0.496 e. The van der Waals surface area contributed by atoms with Crippen LogP contribution in [0.3, 0.4) is 0 Å². The van der Waals surface area contributed by atoms with Crippen molar-refractivity contribution in [3.05, 3.63) is 42.1 Å². The molecule has 2 atom stereocenters. The van der Waals surface area contributed by atoms with Gasteiger partial charge < -0.3 is 14.2 Å². The van der Waals surface area contributed by atoms with Crippen molar-refractivity contribution < 1.29 is 14.2 Å². The Kier molecular flexibility index (Phi) is 4.20. The molecule has 0 radical (unpaired) electrons. The van der Waals surface area contributed by atoms with Gasteiger partial charge in [0.1, 0.15) is 11.5 Å². The van der Waals surface area contributed by atoms with Crippen molar-refractivity contribution in [1.29, 1.82) is 0 Å². The number of methoxy groups -OCH3 is 2. The standard InChI is InChI=1S/C18H22NO3P/c1-18(2,3)23-16-13(20-4)9-7-10-14(16)22-17(23)12-8-6-11-15(19-12)21-5/h6-11,17H,1-5H3/t17-,23-/m0/s1. The Balaban J connectivity index is 2.12. The first kappa shape index (κ1) is 16.1. The number of aromatic nitrogens is 1. The van der Waals surface area contributed by atoms with Crippen LogP contribution in [0.25, 0.3) is 0 Å². The second-order valence-electron chi connectivity index (χ2n) is 6.42. The van der Waals surface area contributed by atoms with Gasteiger partial charge in [-0.3, -0.25) is 0 Å². The predicted octanol–water partition coefficient (Wildman–Crippen LogP) is 4.10. The molecule has 0 amide bonds. The van der Waals surface area contributed by atoms with E-state index in [0.29, 0.717) is 5.88 Å². The first-order chi connectivity index (χ1) is 11.0. The number of hydrogen-bond acceptors (Lipinski definition) is 4. The van der Waals surface area contributed by atoms with Crippen LogP contribution >= 0.6 is 7.92 Å². The third-order valence-corrected chi connectivity index (χ3v) is 7.03. The summed E-state index contributed by atoms with van der Waals surface area (Å²) in [6, 6.07) is 11.8. The third-order valence-electron chi connectivity index (χ3n) is 3.83. The number of fused-ring (bicyclic) bond motifs is 1. The molecule has 0 bridgehead atoms. The highest BCUT2D eigenvalue weighted by Crippen LogP contribution is 2.66. The zero-order chi connectivity index (χ0) is 16.6. The lowest BCUT2D eigenvalue weighted by Gasteiger charge is -2.31. The van der Waals surface area contributed by atoms with E-state index < -0.39 is 7.92 Å². The van der Waals surface area contributed by atoms with E-state index in [1.54, 1.807) is 14.2 Å². The average Bonchev–Trinajstić information content (AvgIpc) is 2.94. The van der Waals surface area contributed by atoms with Gasteiger partial charge in [0.15, 0.2) is 5.85 Å². The van der Waals surface area contributed by atoms with Gasteiger partial charge in [-0.1, -0.05) is 32.9 Å². The van der Waals surface area contributed by atoms with Crippen molar-refractivity contribution in [2.45, 2.75) is 31.8 Å². The summed E-state index contributed by atoms with van der Waals surface area (Å²) < 4.78 is 17.2. The summed E-state index contributed by atoms with van der Waals surface area (Å²) in [6.45, 7) is 6.74. The minimum atomic E-state index is -0.651. The molecule has 5 heteroatoms. The summed E-state index contributed by atoms with van der Waals surface area (Å²) in [4.78, 5) is 4.60. The Morgan fingerprint density at radius 2 is 1.78 bits per heavy atom. The number of benzene rings is 1. The van der Waals surface area contributed by atoms with Crippen molar-refractivity contribution in [1.82, 2.24) is 4.98 Å². The lowest BCUT2D eigenvalue weighted by atomic mass is 10.3. The van der Waals surface area contributed by atoms with Crippen molar-refractivity contribution in [3.8, 4) is 17.4 Å². The van der Waals surface area contributed by atoms with Gasteiger partial charge in [-0.05, 0) is 31.3 Å². The second kappa shape index (κ2) is 6.01. The molecule has 0 fully saturated rings. The number of hydrogen-bond donors (Lipinski definition) is 0. The highest BCUT2D eigenvalue weighted by Gasteiger charge is 2.45. The highest BCUT2D eigenvalue weighted by molar-refractivity contribution is 7.68. The Labute approximate surface area is 138 Å². The SMILES string of the molecule is COc1cccc([C@H]2Oc3cccc(OC)c3[P@]2C(C)(C)C)n1. The van der Waals surface area contributed by atoms with Gasteiger partial charge in [0.2, 0.25) is 5.88 Å². The molecule has 0 N–H and O–H groups in total. The Morgan fingerprint density at radius 1 is 1.04 bits per heavy atom. The van der Waals surface area contributed by atoms with Crippen LogP contribution in [-0.2, 0) is 0 Å². The third kappa shape index (κ3) is 2.88. The van der Waals surface area contributed by atoms with Gasteiger partial charge in [-0.2, -0.15) is 0 Å². The summed E-state index contributed by atoms with van der Waals surface area (Å²) in [6.07, 6.45) is 0. The first-order valence-electron chi connectivity index (χ1n) is 7.59. The van der Waals surface area contributed by atoms with Crippen LogP contribution in [0, 0.1) is 0 Å². The predicted molar refractivity (Wildman–Crippen MR) is 93.5 cm³/mol. The zero-order valence-electron chi connectivity index (χ0n) is 14.2. The maximum absolute atomic E-state index is 6.30. The number of ether oxygens (including phenoxy) is 3. The van der Waals surface area contributed by atoms with Gasteiger partial charge in [0.05, 0.1) is 25.2 Å². The topological polar surface area (TPSA) is 40.6 Å². The van der Waals surface area contributed by atoms with E-state index in [1.807, 2.05) is 36.4 Å². The van der Waals surface area contributed by atoms with Gasteiger partial charge in [0.25, 0.3) is 0 Å². The Bertz CT molecular complexity index is 712. The van der Waals surface area contributed by atoms with Crippen LogP contribution in [0.1, 0.15) is 32.3 Å². The molecule has 0 unspecified atom stereocenters. The Hall–Kier alpha value is -1.80. The van der Waals surface area contributed by atoms with E-state index >= 15 is 0 Å². The van der Waals surface area contributed by atoms with Gasteiger partial charge in [0, 0.05) is 6.07 Å². The van der Waals surface area contributed by atoms with Crippen LogP contribution in [-0.4, -0.2) is 24.4 Å². The summed E-state index contributed by atoms with van der Waals surface area (Å²) in [5.74, 6) is 2.32. The van der Waals surface area contributed by atoms with E-state index in [4.69, 9.17) is 14.2 Å². The molecule has 122 valence electrons. The van der Waals surface area contributed by atoms with Crippen molar-refractivity contribution in [2.75, 3.05) is 14.2 Å². The van der Waals surface area contributed by atoms with Crippen LogP contribution < -0.4 is 19.5 Å². The van der Waals surface area contributed by atoms with E-state index in [1.165, 1.54) is 5.30 Å². The monoisotopic (exact) mass is 331 g/mol. The molecule has 2 aromatic rings. The molecule has 1 aliphatic heterocycles. The van der Waals surface area contributed by atoms with E-state index in [0.717, 1.165) is 17.2 Å². The van der Waals surface area contributed by atoms with E-state index in [9.17, 15) is 0 Å².